The summed E-state index contributed by atoms with van der Waals surface area (Å²) in [7, 11) is 0. The van der Waals surface area contributed by atoms with Crippen molar-refractivity contribution in [3.05, 3.63) is 53.1 Å². The third-order valence-electron chi connectivity index (χ3n) is 5.05. The summed E-state index contributed by atoms with van der Waals surface area (Å²) in [6, 6.07) is 7.07. The van der Waals surface area contributed by atoms with Gasteiger partial charge in [0.25, 0.3) is 0 Å². The van der Waals surface area contributed by atoms with Gasteiger partial charge in [-0.3, -0.25) is 4.90 Å². The molecule has 132 valence electrons. The second-order valence-electron chi connectivity index (χ2n) is 7.54. The lowest BCUT2D eigenvalue weighted by molar-refractivity contribution is 0.170. The third-order valence-corrected chi connectivity index (χ3v) is 5.05. The van der Waals surface area contributed by atoms with Gasteiger partial charge in [-0.25, -0.2) is 0 Å². The van der Waals surface area contributed by atoms with E-state index in [0.29, 0.717) is 23.8 Å². The van der Waals surface area contributed by atoms with Crippen LogP contribution in [0.1, 0.15) is 64.0 Å². The molecular formula is C22H33NO. The Hall–Kier alpha value is -1.54. The van der Waals surface area contributed by atoms with E-state index in [2.05, 4.69) is 63.8 Å². The van der Waals surface area contributed by atoms with Crippen LogP contribution in [0.4, 0.5) is 0 Å². The first kappa shape index (κ1) is 18.8. The first-order valence-electron chi connectivity index (χ1n) is 9.31. The molecule has 0 aromatic heterocycles. The van der Waals surface area contributed by atoms with Crippen LogP contribution in [0, 0.1) is 6.92 Å². The van der Waals surface area contributed by atoms with E-state index in [0.717, 1.165) is 31.4 Å². The number of phenols is 1. The molecule has 1 unspecified atom stereocenters. The average Bonchev–Trinajstić information content (AvgIpc) is 2.54. The Morgan fingerprint density at radius 2 is 1.83 bits per heavy atom. The zero-order valence-electron chi connectivity index (χ0n) is 15.9. The summed E-state index contributed by atoms with van der Waals surface area (Å²) in [6.07, 6.45) is 9.90. The van der Waals surface area contributed by atoms with Crippen molar-refractivity contribution < 1.29 is 5.11 Å². The van der Waals surface area contributed by atoms with Gasteiger partial charge in [-0.1, -0.05) is 41.5 Å². The van der Waals surface area contributed by atoms with Crippen molar-refractivity contribution in [3.63, 3.8) is 0 Å². The van der Waals surface area contributed by atoms with Gasteiger partial charge in [-0.2, -0.15) is 0 Å². The van der Waals surface area contributed by atoms with E-state index in [-0.39, 0.29) is 0 Å². The molecule has 0 radical (unpaired) electrons. The van der Waals surface area contributed by atoms with Gasteiger partial charge in [0.2, 0.25) is 0 Å². The van der Waals surface area contributed by atoms with E-state index in [1.54, 1.807) is 0 Å². The molecule has 2 nitrogen and oxygen atoms in total. The van der Waals surface area contributed by atoms with Gasteiger partial charge < -0.3 is 5.11 Å². The minimum atomic E-state index is 0.301. The van der Waals surface area contributed by atoms with E-state index in [1.807, 2.05) is 12.1 Å². The van der Waals surface area contributed by atoms with E-state index in [9.17, 15) is 5.11 Å². The Labute approximate surface area is 147 Å². The number of hydrogen-bond donors (Lipinski definition) is 1. The van der Waals surface area contributed by atoms with Gasteiger partial charge in [0.05, 0.1) is 0 Å². The highest BCUT2D eigenvalue weighted by molar-refractivity contribution is 5.43. The van der Waals surface area contributed by atoms with Crippen LogP contribution in [-0.2, 0) is 0 Å². The van der Waals surface area contributed by atoms with Crippen molar-refractivity contribution in [3.8, 4) is 5.75 Å². The zero-order chi connectivity index (χ0) is 17.7. The molecule has 0 fully saturated rings. The van der Waals surface area contributed by atoms with E-state index < -0.39 is 0 Å². The standard InChI is InChI=1S/C22H33NO/c1-16(2)23(17(3)4)14-13-20(19-9-7-6-8-10-19)21-15-18(5)11-12-22(21)24/h6-7,9,11-12,15-17,20,24H,8,10,13-14H2,1-5H3. The summed E-state index contributed by atoms with van der Waals surface area (Å²) in [4.78, 5) is 2.54. The maximum Gasteiger partial charge on any atom is 0.119 e. The number of nitrogens with zero attached hydrogens (tertiary/aromatic N) is 1. The number of benzene rings is 1. The molecule has 0 aliphatic heterocycles. The highest BCUT2D eigenvalue weighted by Gasteiger charge is 2.23. The fourth-order valence-electron chi connectivity index (χ4n) is 3.80. The molecule has 2 heteroatoms. The Morgan fingerprint density at radius 3 is 2.42 bits per heavy atom. The minimum absolute atomic E-state index is 0.301. The molecule has 0 amide bonds. The lowest BCUT2D eigenvalue weighted by Gasteiger charge is -2.33. The van der Waals surface area contributed by atoms with Gasteiger partial charge in [0.1, 0.15) is 5.75 Å². The van der Waals surface area contributed by atoms with E-state index in [4.69, 9.17) is 0 Å². The lowest BCUT2D eigenvalue weighted by atomic mass is 9.83. The summed E-state index contributed by atoms with van der Waals surface area (Å²) >= 11 is 0. The number of allylic oxidation sites excluding steroid dienone is 4. The number of rotatable bonds is 7. The Bertz CT molecular complexity index is 590. The molecule has 24 heavy (non-hydrogen) atoms. The van der Waals surface area contributed by atoms with Crippen molar-refractivity contribution in [2.24, 2.45) is 0 Å². The van der Waals surface area contributed by atoms with Crippen LogP contribution in [0.3, 0.4) is 0 Å². The maximum absolute atomic E-state index is 10.5. The molecule has 1 N–H and O–H groups in total. The monoisotopic (exact) mass is 327 g/mol. The Morgan fingerprint density at radius 1 is 1.12 bits per heavy atom. The fraction of sp³-hybridized carbons (Fsp3) is 0.545. The quantitative estimate of drug-likeness (QED) is 0.707. The SMILES string of the molecule is Cc1ccc(O)c(C(CCN(C(C)C)C(C)C)C2=CC=CCC2)c1. The molecule has 1 aromatic rings. The first-order valence-corrected chi connectivity index (χ1v) is 9.31. The highest BCUT2D eigenvalue weighted by atomic mass is 16.3. The molecule has 1 aliphatic rings. The van der Waals surface area contributed by atoms with E-state index in [1.165, 1.54) is 11.1 Å². The predicted molar refractivity (Wildman–Crippen MR) is 104 cm³/mol. The van der Waals surface area contributed by atoms with Crippen molar-refractivity contribution in [1.82, 2.24) is 4.90 Å². The number of hydrogen-bond acceptors (Lipinski definition) is 2. The predicted octanol–water partition coefficient (Wildman–Crippen LogP) is 5.57. The molecule has 1 aromatic carbocycles. The largest absolute Gasteiger partial charge is 0.508 e. The van der Waals surface area contributed by atoms with Crippen LogP contribution in [-0.4, -0.2) is 28.6 Å². The van der Waals surface area contributed by atoms with Crippen LogP contribution in [0.5, 0.6) is 5.75 Å². The third kappa shape index (κ3) is 4.73. The summed E-state index contributed by atoms with van der Waals surface area (Å²) < 4.78 is 0. The molecule has 0 saturated heterocycles. The smallest absolute Gasteiger partial charge is 0.119 e. The molecule has 2 rings (SSSR count). The molecular weight excluding hydrogens is 294 g/mol. The van der Waals surface area contributed by atoms with Crippen LogP contribution >= 0.6 is 0 Å². The summed E-state index contributed by atoms with van der Waals surface area (Å²) in [5.41, 5.74) is 3.75. The number of aryl methyl sites for hydroxylation is 1. The normalized spacial score (nSPS) is 16.1. The van der Waals surface area contributed by atoms with Crippen LogP contribution < -0.4 is 0 Å². The molecule has 0 heterocycles. The van der Waals surface area contributed by atoms with Gasteiger partial charge in [0.15, 0.2) is 0 Å². The van der Waals surface area contributed by atoms with Crippen LogP contribution in [0.25, 0.3) is 0 Å². The minimum Gasteiger partial charge on any atom is -0.508 e. The second-order valence-corrected chi connectivity index (χ2v) is 7.54. The number of phenolic OH excluding ortho intramolecular Hbond substituents is 1. The van der Waals surface area contributed by atoms with Gasteiger partial charge in [-0.05, 0) is 66.5 Å². The fourth-order valence-corrected chi connectivity index (χ4v) is 3.80. The molecule has 0 bridgehead atoms. The van der Waals surface area contributed by atoms with Crippen LogP contribution in [0.2, 0.25) is 0 Å². The second kappa shape index (κ2) is 8.53. The molecule has 0 saturated carbocycles. The summed E-state index contributed by atoms with van der Waals surface area (Å²) in [6.45, 7) is 12.2. The van der Waals surface area contributed by atoms with Crippen molar-refractivity contribution in [1.29, 1.82) is 0 Å². The first-order chi connectivity index (χ1) is 11.4. The Balaban J connectivity index is 2.28. The van der Waals surface area contributed by atoms with Gasteiger partial charge in [-0.15, -0.1) is 0 Å². The van der Waals surface area contributed by atoms with Crippen molar-refractivity contribution >= 4 is 0 Å². The van der Waals surface area contributed by atoms with Crippen molar-refractivity contribution in [2.45, 2.75) is 71.9 Å². The number of aromatic hydroxyl groups is 1. The summed E-state index contributed by atoms with van der Waals surface area (Å²) in [5, 5.41) is 10.5. The molecule has 1 atom stereocenters. The summed E-state index contributed by atoms with van der Waals surface area (Å²) in [5.74, 6) is 0.733. The van der Waals surface area contributed by atoms with Crippen LogP contribution in [0.15, 0.2) is 42.0 Å². The lowest BCUT2D eigenvalue weighted by Crippen LogP contribution is -2.38. The zero-order valence-corrected chi connectivity index (χ0v) is 15.9. The van der Waals surface area contributed by atoms with E-state index >= 15 is 0 Å². The average molecular weight is 328 g/mol. The molecule has 1 aliphatic carbocycles. The van der Waals surface area contributed by atoms with Gasteiger partial charge >= 0.3 is 0 Å². The molecule has 0 spiro atoms. The Kier molecular flexibility index (Phi) is 6.68. The van der Waals surface area contributed by atoms with Gasteiger partial charge in [0, 0.05) is 23.6 Å². The highest BCUT2D eigenvalue weighted by Crippen LogP contribution is 2.38. The maximum atomic E-state index is 10.5. The topological polar surface area (TPSA) is 23.5 Å². The van der Waals surface area contributed by atoms with Crippen molar-refractivity contribution in [2.75, 3.05) is 6.54 Å².